The van der Waals surface area contributed by atoms with Crippen molar-refractivity contribution in [2.45, 2.75) is 20.8 Å². The molecular formula is C18H22N2O3S2. The molecular weight excluding hydrogens is 356 g/mol. The van der Waals surface area contributed by atoms with Crippen molar-refractivity contribution >= 4 is 46.2 Å². The van der Waals surface area contributed by atoms with Gasteiger partial charge in [0.25, 0.3) is 5.91 Å². The Morgan fingerprint density at radius 3 is 2.76 bits per heavy atom. The average molecular weight is 379 g/mol. The highest BCUT2D eigenvalue weighted by atomic mass is 32.2. The molecule has 1 heterocycles. The van der Waals surface area contributed by atoms with Gasteiger partial charge in [-0.15, -0.1) is 0 Å². The first kappa shape index (κ1) is 19.5. The minimum atomic E-state index is -0.457. The monoisotopic (exact) mass is 378 g/mol. The maximum Gasteiger partial charge on any atom is 0.266 e. The van der Waals surface area contributed by atoms with E-state index >= 15 is 0 Å². The van der Waals surface area contributed by atoms with Gasteiger partial charge in [0.2, 0.25) is 5.91 Å². The fourth-order valence-electron chi connectivity index (χ4n) is 2.12. The number of thioether (sulfide) groups is 1. The van der Waals surface area contributed by atoms with Crippen LogP contribution in [0.2, 0.25) is 0 Å². The molecule has 2 amide bonds. The number of methoxy groups -OCH3 is 1. The molecule has 25 heavy (non-hydrogen) atoms. The zero-order valence-electron chi connectivity index (χ0n) is 14.8. The Morgan fingerprint density at radius 2 is 2.12 bits per heavy atom. The smallest absolute Gasteiger partial charge is 0.266 e. The molecule has 1 aromatic carbocycles. The summed E-state index contributed by atoms with van der Waals surface area (Å²) in [6.45, 7) is 6.27. The molecule has 134 valence electrons. The predicted molar refractivity (Wildman–Crippen MR) is 105 cm³/mol. The first-order chi connectivity index (χ1) is 11.7. The quantitative estimate of drug-likeness (QED) is 0.630. The molecule has 0 atom stereocenters. The third kappa shape index (κ3) is 5.06. The van der Waals surface area contributed by atoms with Crippen LogP contribution in [0.4, 0.5) is 0 Å². The van der Waals surface area contributed by atoms with E-state index in [-0.39, 0.29) is 11.8 Å². The van der Waals surface area contributed by atoms with Crippen LogP contribution in [0.3, 0.4) is 0 Å². The van der Waals surface area contributed by atoms with Crippen LogP contribution in [0.1, 0.15) is 26.3 Å². The molecule has 1 aromatic rings. The van der Waals surface area contributed by atoms with Gasteiger partial charge in [-0.1, -0.05) is 56.9 Å². The molecule has 1 fully saturated rings. The van der Waals surface area contributed by atoms with Crippen molar-refractivity contribution < 1.29 is 14.3 Å². The Balaban J connectivity index is 2.02. The minimum Gasteiger partial charge on any atom is -0.497 e. The zero-order valence-corrected chi connectivity index (χ0v) is 16.4. The number of nitrogens with zero attached hydrogens (tertiary/aromatic N) is 1. The van der Waals surface area contributed by atoms with Crippen LogP contribution < -0.4 is 10.1 Å². The highest BCUT2D eigenvalue weighted by Gasteiger charge is 2.32. The van der Waals surface area contributed by atoms with Gasteiger partial charge in [0.05, 0.1) is 12.0 Å². The standard InChI is InChI=1S/C18H22N2O3S2/c1-18(2,3)16(22)19-8-9-20-15(21)14(25-17(20)24)11-12-6-5-7-13(10-12)23-4/h5-7,10-11H,8-9H2,1-4H3,(H,19,22)/b14-11+. The molecule has 1 aliphatic heterocycles. The summed E-state index contributed by atoms with van der Waals surface area (Å²) < 4.78 is 5.70. The van der Waals surface area contributed by atoms with E-state index in [1.54, 1.807) is 13.2 Å². The number of nitrogens with one attached hydrogen (secondary N) is 1. The van der Waals surface area contributed by atoms with Crippen LogP contribution in [0.5, 0.6) is 5.75 Å². The highest BCUT2D eigenvalue weighted by Crippen LogP contribution is 2.32. The third-order valence-electron chi connectivity index (χ3n) is 3.57. The van der Waals surface area contributed by atoms with E-state index in [9.17, 15) is 9.59 Å². The molecule has 0 radical (unpaired) electrons. The second kappa shape index (κ2) is 8.01. The molecule has 2 rings (SSSR count). The van der Waals surface area contributed by atoms with Crippen molar-refractivity contribution in [3.8, 4) is 5.75 Å². The molecule has 0 aliphatic carbocycles. The second-order valence-corrected chi connectivity index (χ2v) is 8.29. The molecule has 0 aromatic heterocycles. The van der Waals surface area contributed by atoms with Gasteiger partial charge in [-0.3, -0.25) is 14.5 Å². The number of hydrogen-bond acceptors (Lipinski definition) is 5. The maximum atomic E-state index is 12.6. The molecule has 1 N–H and O–H groups in total. The Hall–Kier alpha value is -1.86. The van der Waals surface area contributed by atoms with Crippen molar-refractivity contribution in [3.63, 3.8) is 0 Å². The van der Waals surface area contributed by atoms with E-state index in [1.807, 2.05) is 45.0 Å². The topological polar surface area (TPSA) is 58.6 Å². The lowest BCUT2D eigenvalue weighted by Crippen LogP contribution is -2.41. The molecule has 0 bridgehead atoms. The van der Waals surface area contributed by atoms with Crippen molar-refractivity contribution in [3.05, 3.63) is 34.7 Å². The number of benzene rings is 1. The molecule has 5 nitrogen and oxygen atoms in total. The van der Waals surface area contributed by atoms with Crippen molar-refractivity contribution in [1.29, 1.82) is 0 Å². The van der Waals surface area contributed by atoms with E-state index in [4.69, 9.17) is 17.0 Å². The van der Waals surface area contributed by atoms with Gasteiger partial charge in [-0.25, -0.2) is 0 Å². The van der Waals surface area contributed by atoms with E-state index in [1.165, 1.54) is 16.7 Å². The highest BCUT2D eigenvalue weighted by molar-refractivity contribution is 8.26. The third-order valence-corrected chi connectivity index (χ3v) is 4.95. The van der Waals surface area contributed by atoms with Gasteiger partial charge in [0.15, 0.2) is 0 Å². The number of hydrogen-bond donors (Lipinski definition) is 1. The van der Waals surface area contributed by atoms with E-state index in [0.717, 1.165) is 11.3 Å². The number of rotatable bonds is 5. The number of carbonyl (C=O) groups excluding carboxylic acids is 2. The normalized spacial score (nSPS) is 16.5. The maximum absolute atomic E-state index is 12.6. The summed E-state index contributed by atoms with van der Waals surface area (Å²) in [5.74, 6) is 0.543. The second-order valence-electron chi connectivity index (χ2n) is 6.62. The van der Waals surface area contributed by atoms with E-state index < -0.39 is 5.41 Å². The van der Waals surface area contributed by atoms with Crippen LogP contribution in [0.15, 0.2) is 29.2 Å². The zero-order chi connectivity index (χ0) is 18.6. The molecule has 1 aliphatic rings. The van der Waals surface area contributed by atoms with Crippen LogP contribution >= 0.6 is 24.0 Å². The summed E-state index contributed by atoms with van der Waals surface area (Å²) in [6, 6.07) is 7.47. The van der Waals surface area contributed by atoms with Crippen LogP contribution in [-0.4, -0.2) is 41.2 Å². The number of thiocarbonyl (C=S) groups is 1. The summed E-state index contributed by atoms with van der Waals surface area (Å²) in [7, 11) is 1.60. The first-order valence-corrected chi connectivity index (χ1v) is 9.12. The fourth-order valence-corrected chi connectivity index (χ4v) is 3.43. The van der Waals surface area contributed by atoms with Crippen LogP contribution in [0.25, 0.3) is 6.08 Å². The Bertz CT molecular complexity index is 723. The molecule has 0 spiro atoms. The summed E-state index contributed by atoms with van der Waals surface area (Å²) >= 11 is 6.57. The van der Waals surface area contributed by atoms with Crippen LogP contribution in [0, 0.1) is 5.41 Å². The summed E-state index contributed by atoms with van der Waals surface area (Å²) in [5, 5.41) is 2.83. The minimum absolute atomic E-state index is 0.0511. The fraction of sp³-hybridized carbons (Fsp3) is 0.389. The summed E-state index contributed by atoms with van der Waals surface area (Å²) in [6.07, 6.45) is 1.80. The Labute approximate surface area is 157 Å². The molecule has 1 saturated heterocycles. The van der Waals surface area contributed by atoms with Gasteiger partial charge in [-0.05, 0) is 23.8 Å². The first-order valence-electron chi connectivity index (χ1n) is 7.90. The predicted octanol–water partition coefficient (Wildman–Crippen LogP) is 3.06. The number of carbonyl (C=O) groups is 2. The summed E-state index contributed by atoms with van der Waals surface area (Å²) in [4.78, 5) is 26.5. The Kier molecular flexibility index (Phi) is 6.24. The SMILES string of the molecule is COc1cccc(/C=C2/SC(=S)N(CCNC(=O)C(C)(C)C)C2=O)c1. The van der Waals surface area contributed by atoms with Crippen LogP contribution in [-0.2, 0) is 9.59 Å². The average Bonchev–Trinajstić information content (AvgIpc) is 2.81. The molecule has 0 unspecified atom stereocenters. The van der Waals surface area contributed by atoms with Crippen molar-refractivity contribution in [1.82, 2.24) is 10.2 Å². The van der Waals surface area contributed by atoms with Crippen molar-refractivity contribution in [2.24, 2.45) is 5.41 Å². The van der Waals surface area contributed by atoms with Gasteiger partial charge >= 0.3 is 0 Å². The van der Waals surface area contributed by atoms with Gasteiger partial charge in [0.1, 0.15) is 10.1 Å². The van der Waals surface area contributed by atoms with Gasteiger partial charge in [-0.2, -0.15) is 0 Å². The largest absolute Gasteiger partial charge is 0.497 e. The molecule has 7 heteroatoms. The number of amides is 2. The lowest BCUT2D eigenvalue weighted by molar-refractivity contribution is -0.129. The lowest BCUT2D eigenvalue weighted by atomic mass is 9.96. The lowest BCUT2D eigenvalue weighted by Gasteiger charge is -2.19. The molecule has 0 saturated carbocycles. The van der Waals surface area contributed by atoms with Gasteiger partial charge < -0.3 is 10.1 Å². The number of ether oxygens (including phenoxy) is 1. The van der Waals surface area contributed by atoms with E-state index in [2.05, 4.69) is 5.32 Å². The van der Waals surface area contributed by atoms with Crippen molar-refractivity contribution in [2.75, 3.05) is 20.2 Å². The summed E-state index contributed by atoms with van der Waals surface area (Å²) in [5.41, 5.74) is 0.419. The van der Waals surface area contributed by atoms with Gasteiger partial charge in [0, 0.05) is 18.5 Å². The Morgan fingerprint density at radius 1 is 1.40 bits per heavy atom. The van der Waals surface area contributed by atoms with E-state index in [0.29, 0.717) is 22.3 Å².